The zero-order valence-corrected chi connectivity index (χ0v) is 24.6. The van der Waals surface area contributed by atoms with Gasteiger partial charge in [-0.05, 0) is 47.9 Å². The first-order valence-corrected chi connectivity index (χ1v) is 14.3. The number of benzene rings is 2. The number of hydrogen-bond acceptors (Lipinski definition) is 7. The fourth-order valence-electron chi connectivity index (χ4n) is 4.76. The summed E-state index contributed by atoms with van der Waals surface area (Å²) in [5.41, 5.74) is 7.49. The summed E-state index contributed by atoms with van der Waals surface area (Å²) in [5.74, 6) is -1.05. The van der Waals surface area contributed by atoms with Crippen LogP contribution in [0.5, 0.6) is 5.75 Å². The minimum absolute atomic E-state index is 0.000449. The minimum atomic E-state index is -4.77. The zero-order chi connectivity index (χ0) is 31.9. The molecule has 0 aliphatic rings. The van der Waals surface area contributed by atoms with Crippen molar-refractivity contribution in [2.24, 2.45) is 12.8 Å². The second kappa shape index (κ2) is 11.5. The molecule has 6 aromatic rings. The maximum absolute atomic E-state index is 13.8. The van der Waals surface area contributed by atoms with Crippen LogP contribution < -0.4 is 15.8 Å². The predicted molar refractivity (Wildman–Crippen MR) is 163 cm³/mol. The normalized spacial score (nSPS) is 11.6. The summed E-state index contributed by atoms with van der Waals surface area (Å²) >= 11 is 0.658. The van der Waals surface area contributed by atoms with E-state index in [0.29, 0.717) is 28.3 Å². The van der Waals surface area contributed by atoms with Gasteiger partial charge in [0, 0.05) is 29.9 Å². The molecule has 0 saturated heterocycles. The Morgan fingerprint density at radius 1 is 1.02 bits per heavy atom. The average Bonchev–Trinajstić information content (AvgIpc) is 3.74. The van der Waals surface area contributed by atoms with Crippen LogP contribution >= 0.6 is 11.3 Å². The summed E-state index contributed by atoms with van der Waals surface area (Å²) in [5, 5.41) is 11.2. The number of nitrogens with one attached hydrogen (secondary N) is 1. The molecule has 0 aliphatic carbocycles. The maximum atomic E-state index is 13.8. The van der Waals surface area contributed by atoms with E-state index in [2.05, 4.69) is 20.5 Å². The lowest BCUT2D eigenvalue weighted by Gasteiger charge is -2.12. The smallest absolute Gasteiger partial charge is 0.433 e. The van der Waals surface area contributed by atoms with E-state index in [1.807, 2.05) is 54.6 Å². The molecular weight excluding hydrogens is 607 g/mol. The van der Waals surface area contributed by atoms with E-state index < -0.39 is 23.7 Å². The SMILES string of the molecule is Cc1c(-c2cc(C(F)(F)F)nc3sc(C(N)=O)c(NC(=O)c4ccn(COc5ccc(-c6ccccc6)cc5)n4)c23)cnn1C. The Balaban J connectivity index is 1.27. The van der Waals surface area contributed by atoms with Crippen molar-refractivity contribution in [3.05, 3.63) is 101 Å². The van der Waals surface area contributed by atoms with E-state index in [0.717, 1.165) is 17.2 Å². The highest BCUT2D eigenvalue weighted by Gasteiger charge is 2.35. The lowest BCUT2D eigenvalue weighted by Crippen LogP contribution is -2.18. The number of thiophene rings is 1. The summed E-state index contributed by atoms with van der Waals surface area (Å²) in [6, 6.07) is 19.7. The molecule has 2 aromatic carbocycles. The molecule has 0 aliphatic heterocycles. The molecule has 2 amide bonds. The molecular formula is C31H24F3N7O3S. The first-order chi connectivity index (χ1) is 21.5. The third-order valence-corrected chi connectivity index (χ3v) is 8.24. The molecule has 0 atom stereocenters. The van der Waals surface area contributed by atoms with Gasteiger partial charge in [0.25, 0.3) is 11.8 Å². The van der Waals surface area contributed by atoms with Gasteiger partial charge in [-0.25, -0.2) is 9.67 Å². The number of halogens is 3. The van der Waals surface area contributed by atoms with Gasteiger partial charge in [-0.15, -0.1) is 11.3 Å². The number of nitrogens with two attached hydrogens (primary N) is 1. The van der Waals surface area contributed by atoms with Crippen LogP contribution in [-0.2, 0) is 20.0 Å². The van der Waals surface area contributed by atoms with Gasteiger partial charge < -0.3 is 15.8 Å². The highest BCUT2D eigenvalue weighted by atomic mass is 32.1. The number of ether oxygens (including phenoxy) is 1. The fourth-order valence-corrected chi connectivity index (χ4v) is 5.77. The van der Waals surface area contributed by atoms with Gasteiger partial charge in [0.15, 0.2) is 12.4 Å². The topological polar surface area (TPSA) is 130 Å². The number of carbonyl (C=O) groups excluding carboxylic acids is 2. The van der Waals surface area contributed by atoms with Crippen LogP contribution in [0, 0.1) is 6.92 Å². The second-order valence-electron chi connectivity index (χ2n) is 10.0. The van der Waals surface area contributed by atoms with Crippen LogP contribution in [0.1, 0.15) is 31.5 Å². The number of pyridine rings is 1. The van der Waals surface area contributed by atoms with Crippen molar-refractivity contribution in [3.63, 3.8) is 0 Å². The Labute approximate surface area is 257 Å². The van der Waals surface area contributed by atoms with Crippen LogP contribution in [0.4, 0.5) is 18.9 Å². The molecule has 3 N–H and O–H groups in total. The molecule has 14 heteroatoms. The summed E-state index contributed by atoms with van der Waals surface area (Å²) in [4.78, 5) is 29.2. The van der Waals surface area contributed by atoms with E-state index in [1.54, 1.807) is 14.0 Å². The number of amides is 2. The summed E-state index contributed by atoms with van der Waals surface area (Å²) < 4.78 is 50.2. The molecule has 0 spiro atoms. The number of anilines is 1. The zero-order valence-electron chi connectivity index (χ0n) is 23.8. The lowest BCUT2D eigenvalue weighted by atomic mass is 10.0. The third kappa shape index (κ3) is 5.87. The van der Waals surface area contributed by atoms with Gasteiger partial charge in [-0.3, -0.25) is 14.3 Å². The number of hydrogen-bond donors (Lipinski definition) is 2. The predicted octanol–water partition coefficient (Wildman–Crippen LogP) is 6.28. The Hall–Kier alpha value is -5.50. The molecule has 6 rings (SSSR count). The number of primary amides is 1. The molecule has 0 radical (unpaired) electrons. The standard InChI is InChI=1S/C31H24F3N7O3S/c1-17-22(15-36-40(17)2)21-14-24(31(32,33)34)37-30-25(21)26(27(45-30)28(35)42)38-29(43)23-12-13-41(39-23)16-44-20-10-8-19(9-11-20)18-6-4-3-5-7-18/h3-15H,16H2,1-2H3,(H2,35,42)(H,38,43). The van der Waals surface area contributed by atoms with Crippen LogP contribution in [-0.4, -0.2) is 36.4 Å². The third-order valence-electron chi connectivity index (χ3n) is 7.14. The van der Waals surface area contributed by atoms with Crippen molar-refractivity contribution in [3.8, 4) is 28.0 Å². The van der Waals surface area contributed by atoms with Gasteiger partial charge >= 0.3 is 6.18 Å². The van der Waals surface area contributed by atoms with Gasteiger partial charge in [-0.2, -0.15) is 23.4 Å². The van der Waals surface area contributed by atoms with Crippen LogP contribution in [0.2, 0.25) is 0 Å². The van der Waals surface area contributed by atoms with Crippen molar-refractivity contribution in [1.82, 2.24) is 24.5 Å². The highest BCUT2D eigenvalue weighted by Crippen LogP contribution is 2.44. The number of aromatic nitrogens is 5. The number of rotatable bonds is 8. The van der Waals surface area contributed by atoms with Gasteiger partial charge in [0.05, 0.1) is 11.9 Å². The molecule has 228 valence electrons. The van der Waals surface area contributed by atoms with Crippen LogP contribution in [0.15, 0.2) is 79.1 Å². The van der Waals surface area contributed by atoms with Crippen molar-refractivity contribution in [1.29, 1.82) is 0 Å². The van der Waals surface area contributed by atoms with Gasteiger partial charge in [-0.1, -0.05) is 42.5 Å². The molecule has 0 saturated carbocycles. The number of carbonyl (C=O) groups is 2. The summed E-state index contributed by atoms with van der Waals surface area (Å²) in [6.45, 7) is 1.69. The van der Waals surface area contributed by atoms with Crippen LogP contribution in [0.3, 0.4) is 0 Å². The highest BCUT2D eigenvalue weighted by molar-refractivity contribution is 7.21. The summed E-state index contributed by atoms with van der Waals surface area (Å²) in [6.07, 6.45) is -1.82. The number of aryl methyl sites for hydroxylation is 1. The summed E-state index contributed by atoms with van der Waals surface area (Å²) in [7, 11) is 1.65. The molecule has 0 fully saturated rings. The lowest BCUT2D eigenvalue weighted by molar-refractivity contribution is -0.140. The van der Waals surface area contributed by atoms with E-state index in [4.69, 9.17) is 10.5 Å². The van der Waals surface area contributed by atoms with Gasteiger partial charge in [0.1, 0.15) is 21.2 Å². The van der Waals surface area contributed by atoms with Gasteiger partial charge in [0.2, 0.25) is 0 Å². The van der Waals surface area contributed by atoms with Crippen molar-refractivity contribution in [2.75, 3.05) is 5.32 Å². The van der Waals surface area contributed by atoms with E-state index in [9.17, 15) is 22.8 Å². The van der Waals surface area contributed by atoms with E-state index in [1.165, 1.54) is 27.8 Å². The fraction of sp³-hybridized carbons (Fsp3) is 0.129. The Morgan fingerprint density at radius 2 is 1.73 bits per heavy atom. The largest absolute Gasteiger partial charge is 0.471 e. The van der Waals surface area contributed by atoms with E-state index >= 15 is 0 Å². The Kier molecular flexibility index (Phi) is 7.58. The number of nitrogens with zero attached hydrogens (tertiary/aromatic N) is 5. The monoisotopic (exact) mass is 631 g/mol. The second-order valence-corrected chi connectivity index (χ2v) is 11.0. The van der Waals surface area contributed by atoms with Crippen molar-refractivity contribution >= 4 is 39.1 Å². The maximum Gasteiger partial charge on any atom is 0.433 e. The Bertz CT molecular complexity index is 2050. The molecule has 0 bridgehead atoms. The Morgan fingerprint density at radius 3 is 2.38 bits per heavy atom. The van der Waals surface area contributed by atoms with Crippen molar-refractivity contribution in [2.45, 2.75) is 19.8 Å². The molecule has 10 nitrogen and oxygen atoms in total. The van der Waals surface area contributed by atoms with Crippen molar-refractivity contribution < 1.29 is 27.5 Å². The number of alkyl halides is 3. The van der Waals surface area contributed by atoms with E-state index in [-0.39, 0.29) is 38.8 Å². The first kappa shape index (κ1) is 29.6. The molecule has 0 unspecified atom stereocenters. The first-order valence-electron chi connectivity index (χ1n) is 13.5. The quantitative estimate of drug-likeness (QED) is 0.204. The average molecular weight is 632 g/mol. The van der Waals surface area contributed by atoms with Crippen LogP contribution in [0.25, 0.3) is 32.5 Å². The molecule has 45 heavy (non-hydrogen) atoms. The molecule has 4 aromatic heterocycles. The minimum Gasteiger partial charge on any atom is -0.471 e. The molecule has 4 heterocycles. The number of fused-ring (bicyclic) bond motifs is 1.